The molecule has 0 unspecified atom stereocenters. The van der Waals surface area contributed by atoms with Crippen LogP contribution in [0.3, 0.4) is 0 Å². The Labute approximate surface area is 134 Å². The molecule has 0 saturated heterocycles. The Kier molecular flexibility index (Phi) is 5.13. The Morgan fingerprint density at radius 2 is 2.00 bits per heavy atom. The van der Waals surface area contributed by atoms with Gasteiger partial charge < -0.3 is 0 Å². The highest BCUT2D eigenvalue weighted by molar-refractivity contribution is 7.99. The Balaban J connectivity index is 2.00. The van der Waals surface area contributed by atoms with E-state index in [4.69, 9.17) is 0 Å². The van der Waals surface area contributed by atoms with Crippen molar-refractivity contribution in [2.75, 3.05) is 5.75 Å². The van der Waals surface area contributed by atoms with E-state index in [1.165, 1.54) is 17.3 Å². The highest BCUT2D eigenvalue weighted by Gasteiger charge is 2.15. The second-order valence-corrected chi connectivity index (χ2v) is 6.91. The fourth-order valence-corrected chi connectivity index (χ4v) is 2.69. The average Bonchev–Trinajstić information content (AvgIpc) is 2.92. The molecule has 1 aromatic carbocycles. The molecule has 0 amide bonds. The number of hydrogen-bond donors (Lipinski definition) is 0. The Bertz CT molecular complexity index is 656. The summed E-state index contributed by atoms with van der Waals surface area (Å²) >= 11 is 1.34. The van der Waals surface area contributed by atoms with Crippen LogP contribution in [0.5, 0.6) is 0 Å². The third-order valence-electron chi connectivity index (χ3n) is 3.21. The lowest BCUT2D eigenvalue weighted by atomic mass is 9.86. The zero-order chi connectivity index (χ0) is 16.2. The van der Waals surface area contributed by atoms with Crippen molar-refractivity contribution in [1.82, 2.24) is 20.2 Å². The van der Waals surface area contributed by atoms with Crippen LogP contribution in [-0.4, -0.2) is 31.7 Å². The highest BCUT2D eigenvalue weighted by atomic mass is 32.2. The lowest BCUT2D eigenvalue weighted by Crippen LogP contribution is -2.11. The lowest BCUT2D eigenvalue weighted by Gasteiger charge is -2.18. The first-order chi connectivity index (χ1) is 10.4. The van der Waals surface area contributed by atoms with Gasteiger partial charge in [-0.3, -0.25) is 4.79 Å². The van der Waals surface area contributed by atoms with E-state index >= 15 is 0 Å². The molecule has 0 spiro atoms. The number of carbonyl (C=O) groups is 1. The van der Waals surface area contributed by atoms with Crippen LogP contribution < -0.4 is 0 Å². The lowest BCUT2D eigenvalue weighted by molar-refractivity contribution is 0.102. The minimum absolute atomic E-state index is 0.0682. The van der Waals surface area contributed by atoms with Crippen LogP contribution in [0.2, 0.25) is 0 Å². The van der Waals surface area contributed by atoms with Gasteiger partial charge in [0.2, 0.25) is 5.16 Å². The number of ketones is 1. The van der Waals surface area contributed by atoms with Gasteiger partial charge in [0, 0.05) is 5.56 Å². The largest absolute Gasteiger partial charge is 0.293 e. The predicted molar refractivity (Wildman–Crippen MR) is 88.2 cm³/mol. The number of carbonyl (C=O) groups excluding carboxylic acids is 1. The highest BCUT2D eigenvalue weighted by Crippen LogP contribution is 2.23. The summed E-state index contributed by atoms with van der Waals surface area (Å²) in [6.45, 7) is 10.6. The molecule has 22 heavy (non-hydrogen) atoms. The number of allylic oxidation sites excluding steroid dienone is 1. The van der Waals surface area contributed by atoms with Crippen LogP contribution in [0, 0.1) is 0 Å². The van der Waals surface area contributed by atoms with Gasteiger partial charge in [-0.2, -0.15) is 0 Å². The van der Waals surface area contributed by atoms with E-state index in [0.29, 0.717) is 23.0 Å². The summed E-state index contributed by atoms with van der Waals surface area (Å²) in [5.41, 5.74) is 2.01. The van der Waals surface area contributed by atoms with Gasteiger partial charge in [0.25, 0.3) is 0 Å². The molecule has 1 heterocycles. The molecular formula is C16H20N4OS. The van der Waals surface area contributed by atoms with E-state index in [9.17, 15) is 4.79 Å². The topological polar surface area (TPSA) is 60.7 Å². The third kappa shape index (κ3) is 4.04. The molecule has 1 aromatic heterocycles. The minimum atomic E-state index is 0.0682. The van der Waals surface area contributed by atoms with Crippen molar-refractivity contribution >= 4 is 17.5 Å². The van der Waals surface area contributed by atoms with E-state index < -0.39 is 0 Å². The molecule has 116 valence electrons. The molecule has 0 N–H and O–H groups in total. The molecular weight excluding hydrogens is 296 g/mol. The summed E-state index contributed by atoms with van der Waals surface area (Å²) in [6, 6.07) is 7.80. The summed E-state index contributed by atoms with van der Waals surface area (Å²) in [5, 5.41) is 12.0. The van der Waals surface area contributed by atoms with Crippen LogP contribution >= 0.6 is 11.8 Å². The number of aromatic nitrogens is 4. The minimum Gasteiger partial charge on any atom is -0.293 e. The molecule has 0 aliphatic carbocycles. The molecule has 2 aromatic rings. The van der Waals surface area contributed by atoms with E-state index in [1.807, 2.05) is 24.3 Å². The van der Waals surface area contributed by atoms with Gasteiger partial charge in [-0.15, -0.1) is 11.7 Å². The van der Waals surface area contributed by atoms with E-state index in [2.05, 4.69) is 42.9 Å². The molecule has 0 aliphatic rings. The Morgan fingerprint density at radius 1 is 1.32 bits per heavy atom. The quantitative estimate of drug-likeness (QED) is 0.465. The van der Waals surface area contributed by atoms with Crippen LogP contribution in [0.25, 0.3) is 0 Å². The molecule has 0 aliphatic heterocycles. The fourth-order valence-electron chi connectivity index (χ4n) is 1.91. The van der Waals surface area contributed by atoms with Crippen molar-refractivity contribution < 1.29 is 4.79 Å². The van der Waals surface area contributed by atoms with Crippen molar-refractivity contribution in [1.29, 1.82) is 0 Å². The SMILES string of the molecule is C=CCn1nnnc1SCC(=O)c1ccc(C(C)(C)C)cc1. The number of thioether (sulfide) groups is 1. The van der Waals surface area contributed by atoms with E-state index in [0.717, 1.165) is 0 Å². The van der Waals surface area contributed by atoms with Crippen LogP contribution in [-0.2, 0) is 12.0 Å². The molecule has 0 saturated carbocycles. The van der Waals surface area contributed by atoms with Gasteiger partial charge in [0.15, 0.2) is 5.78 Å². The van der Waals surface area contributed by atoms with Crippen LogP contribution in [0.1, 0.15) is 36.7 Å². The fraction of sp³-hybridized carbons (Fsp3) is 0.375. The number of nitrogens with zero attached hydrogens (tertiary/aromatic N) is 4. The van der Waals surface area contributed by atoms with Crippen LogP contribution in [0.15, 0.2) is 42.1 Å². The van der Waals surface area contributed by atoms with Crippen molar-refractivity contribution in [3.63, 3.8) is 0 Å². The maximum Gasteiger partial charge on any atom is 0.210 e. The van der Waals surface area contributed by atoms with Crippen LogP contribution in [0.4, 0.5) is 0 Å². The summed E-state index contributed by atoms with van der Waals surface area (Å²) in [5.74, 6) is 0.380. The van der Waals surface area contributed by atoms with E-state index in [-0.39, 0.29) is 11.2 Å². The van der Waals surface area contributed by atoms with Crippen molar-refractivity contribution in [3.8, 4) is 0 Å². The summed E-state index contributed by atoms with van der Waals surface area (Å²) in [6.07, 6.45) is 1.72. The number of rotatable bonds is 6. The van der Waals surface area contributed by atoms with Crippen molar-refractivity contribution in [2.45, 2.75) is 37.9 Å². The third-order valence-corrected chi connectivity index (χ3v) is 4.16. The summed E-state index contributed by atoms with van der Waals surface area (Å²) in [7, 11) is 0. The molecule has 2 rings (SSSR count). The van der Waals surface area contributed by atoms with Gasteiger partial charge in [-0.1, -0.05) is 62.9 Å². The second kappa shape index (κ2) is 6.87. The second-order valence-electron chi connectivity index (χ2n) is 5.97. The monoisotopic (exact) mass is 316 g/mol. The number of hydrogen-bond acceptors (Lipinski definition) is 5. The molecule has 0 atom stereocenters. The zero-order valence-electron chi connectivity index (χ0n) is 13.1. The van der Waals surface area contributed by atoms with Gasteiger partial charge in [0.05, 0.1) is 12.3 Å². The number of benzene rings is 1. The van der Waals surface area contributed by atoms with Gasteiger partial charge in [-0.05, 0) is 21.4 Å². The first-order valence-corrected chi connectivity index (χ1v) is 8.04. The van der Waals surface area contributed by atoms with Crippen molar-refractivity contribution in [2.24, 2.45) is 0 Å². The summed E-state index contributed by atoms with van der Waals surface area (Å²) in [4.78, 5) is 12.3. The Hall–Kier alpha value is -1.95. The molecule has 5 nitrogen and oxygen atoms in total. The molecule has 0 fully saturated rings. The molecule has 0 bridgehead atoms. The van der Waals surface area contributed by atoms with Gasteiger partial charge in [0.1, 0.15) is 0 Å². The molecule has 6 heteroatoms. The van der Waals surface area contributed by atoms with Gasteiger partial charge in [-0.25, -0.2) is 4.68 Å². The van der Waals surface area contributed by atoms with E-state index in [1.54, 1.807) is 10.8 Å². The Morgan fingerprint density at radius 3 is 2.59 bits per heavy atom. The maximum absolute atomic E-state index is 12.3. The zero-order valence-corrected chi connectivity index (χ0v) is 13.9. The first kappa shape index (κ1) is 16.4. The standard InChI is InChI=1S/C16H20N4OS/c1-5-10-20-15(17-18-19-20)22-11-14(21)12-6-8-13(9-7-12)16(2,3)4/h5-9H,1,10-11H2,2-4H3. The number of tetrazole rings is 1. The first-order valence-electron chi connectivity index (χ1n) is 7.05. The summed E-state index contributed by atoms with van der Waals surface area (Å²) < 4.78 is 1.62. The van der Waals surface area contributed by atoms with Gasteiger partial charge >= 0.3 is 0 Å². The maximum atomic E-state index is 12.3. The average molecular weight is 316 g/mol. The smallest absolute Gasteiger partial charge is 0.210 e. The number of Topliss-reactive ketones (excluding diaryl/α,β-unsaturated/α-hetero) is 1. The normalized spacial score (nSPS) is 11.4. The predicted octanol–water partition coefficient (Wildman–Crippen LogP) is 3.13. The van der Waals surface area contributed by atoms with Crippen molar-refractivity contribution in [3.05, 3.63) is 48.0 Å². The molecule has 0 radical (unpaired) electrons.